The van der Waals surface area contributed by atoms with Gasteiger partial charge >= 0.3 is 0 Å². The fourth-order valence-corrected chi connectivity index (χ4v) is 1.85. The molecular formula is C12H16ClNO2. The second-order valence-corrected chi connectivity index (χ2v) is 3.93. The van der Waals surface area contributed by atoms with Crippen molar-refractivity contribution >= 4 is 23.1 Å². The molecule has 1 aromatic rings. The number of carbonyl (C=O) groups excluding carboxylic acids is 1. The van der Waals surface area contributed by atoms with Crippen LogP contribution in [0.3, 0.4) is 0 Å². The van der Waals surface area contributed by atoms with Crippen molar-refractivity contribution < 1.29 is 9.90 Å². The Morgan fingerprint density at radius 3 is 2.62 bits per heavy atom. The summed E-state index contributed by atoms with van der Waals surface area (Å²) in [6, 6.07) is 5.24. The molecule has 1 rings (SSSR count). The molecule has 1 aromatic carbocycles. The van der Waals surface area contributed by atoms with E-state index < -0.39 is 0 Å². The summed E-state index contributed by atoms with van der Waals surface area (Å²) in [7, 11) is 0. The van der Waals surface area contributed by atoms with Gasteiger partial charge in [0.25, 0.3) is 0 Å². The van der Waals surface area contributed by atoms with Crippen molar-refractivity contribution in [2.75, 3.05) is 24.6 Å². The van der Waals surface area contributed by atoms with Crippen LogP contribution in [0.25, 0.3) is 0 Å². The average Bonchev–Trinajstić information content (AvgIpc) is 2.26. The zero-order valence-electron chi connectivity index (χ0n) is 9.53. The van der Waals surface area contributed by atoms with E-state index in [-0.39, 0.29) is 12.4 Å². The van der Waals surface area contributed by atoms with Crippen LogP contribution >= 0.6 is 11.6 Å². The Balaban J connectivity index is 3.01. The molecule has 0 aliphatic rings. The summed E-state index contributed by atoms with van der Waals surface area (Å²) >= 11 is 6.11. The van der Waals surface area contributed by atoms with Crippen molar-refractivity contribution in [1.29, 1.82) is 0 Å². The van der Waals surface area contributed by atoms with Crippen molar-refractivity contribution in [2.24, 2.45) is 0 Å². The Labute approximate surface area is 101 Å². The highest BCUT2D eigenvalue weighted by Crippen LogP contribution is 2.26. The Bertz CT molecular complexity index is 379. The number of ketones is 1. The van der Waals surface area contributed by atoms with E-state index in [0.29, 0.717) is 17.1 Å². The van der Waals surface area contributed by atoms with Crippen LogP contribution < -0.4 is 4.90 Å². The van der Waals surface area contributed by atoms with Gasteiger partial charge in [0.2, 0.25) is 0 Å². The minimum Gasteiger partial charge on any atom is -0.395 e. The zero-order chi connectivity index (χ0) is 12.1. The molecule has 0 heterocycles. The maximum atomic E-state index is 11.2. The molecule has 88 valence electrons. The van der Waals surface area contributed by atoms with Crippen molar-refractivity contribution in [2.45, 2.75) is 13.8 Å². The van der Waals surface area contributed by atoms with Gasteiger partial charge in [-0.2, -0.15) is 0 Å². The molecule has 0 atom stereocenters. The number of carbonyl (C=O) groups is 1. The zero-order valence-corrected chi connectivity index (χ0v) is 10.3. The number of Topliss-reactive ketones (excluding diaryl/α,β-unsaturated/α-hetero) is 1. The van der Waals surface area contributed by atoms with Gasteiger partial charge in [0, 0.05) is 18.7 Å². The highest BCUT2D eigenvalue weighted by atomic mass is 35.5. The van der Waals surface area contributed by atoms with E-state index in [1.54, 1.807) is 12.1 Å². The van der Waals surface area contributed by atoms with Gasteiger partial charge in [0.15, 0.2) is 5.78 Å². The molecule has 0 saturated heterocycles. The number of benzene rings is 1. The lowest BCUT2D eigenvalue weighted by Crippen LogP contribution is -2.26. The van der Waals surface area contributed by atoms with Gasteiger partial charge in [-0.15, -0.1) is 0 Å². The first-order valence-electron chi connectivity index (χ1n) is 5.26. The van der Waals surface area contributed by atoms with Crippen LogP contribution in [0.2, 0.25) is 5.02 Å². The maximum Gasteiger partial charge on any atom is 0.159 e. The molecule has 16 heavy (non-hydrogen) atoms. The Morgan fingerprint density at radius 1 is 1.50 bits per heavy atom. The predicted octanol–water partition coefficient (Wildman–Crippen LogP) is 2.36. The monoisotopic (exact) mass is 241 g/mol. The lowest BCUT2D eigenvalue weighted by molar-refractivity contribution is 0.101. The number of hydrogen-bond donors (Lipinski definition) is 1. The Kier molecular flexibility index (Phi) is 4.77. The standard InChI is InChI=1S/C12H16ClNO2/c1-3-14(6-7-15)12-5-4-10(9(2)16)8-11(12)13/h4-5,8,15H,3,6-7H2,1-2H3. The lowest BCUT2D eigenvalue weighted by atomic mass is 10.1. The van der Waals surface area contributed by atoms with Crippen molar-refractivity contribution in [3.8, 4) is 0 Å². The van der Waals surface area contributed by atoms with Crippen molar-refractivity contribution in [1.82, 2.24) is 0 Å². The molecule has 0 aromatic heterocycles. The minimum absolute atomic E-state index is 0.00124. The normalized spacial score (nSPS) is 10.2. The Hall–Kier alpha value is -1.06. The van der Waals surface area contributed by atoms with Gasteiger partial charge in [-0.05, 0) is 32.0 Å². The quantitative estimate of drug-likeness (QED) is 0.805. The fourth-order valence-electron chi connectivity index (χ4n) is 1.55. The fraction of sp³-hybridized carbons (Fsp3) is 0.417. The van der Waals surface area contributed by atoms with Crippen molar-refractivity contribution in [3.05, 3.63) is 28.8 Å². The molecule has 4 heteroatoms. The average molecular weight is 242 g/mol. The first-order valence-corrected chi connectivity index (χ1v) is 5.64. The number of aliphatic hydroxyl groups excluding tert-OH is 1. The van der Waals surface area contributed by atoms with Gasteiger partial charge in [-0.3, -0.25) is 4.79 Å². The molecule has 0 amide bonds. The van der Waals surface area contributed by atoms with E-state index in [1.807, 2.05) is 17.9 Å². The van der Waals surface area contributed by atoms with E-state index in [1.165, 1.54) is 6.92 Å². The highest BCUT2D eigenvalue weighted by Gasteiger charge is 2.10. The number of nitrogens with zero attached hydrogens (tertiary/aromatic N) is 1. The molecule has 0 bridgehead atoms. The minimum atomic E-state index is -0.00124. The number of aliphatic hydroxyl groups is 1. The molecule has 0 saturated carbocycles. The van der Waals surface area contributed by atoms with Crippen LogP contribution in [0, 0.1) is 0 Å². The van der Waals surface area contributed by atoms with E-state index in [0.717, 1.165) is 12.2 Å². The van der Waals surface area contributed by atoms with Crippen LogP contribution in [0.15, 0.2) is 18.2 Å². The summed E-state index contributed by atoms with van der Waals surface area (Å²) in [6.45, 7) is 4.88. The second-order valence-electron chi connectivity index (χ2n) is 3.53. The molecule has 0 aliphatic carbocycles. The third kappa shape index (κ3) is 2.97. The predicted molar refractivity (Wildman–Crippen MR) is 66.4 cm³/mol. The molecule has 0 spiro atoms. The summed E-state index contributed by atoms with van der Waals surface area (Å²) < 4.78 is 0. The van der Waals surface area contributed by atoms with Crippen LogP contribution in [0.1, 0.15) is 24.2 Å². The molecular weight excluding hydrogens is 226 g/mol. The number of likely N-dealkylation sites (N-methyl/N-ethyl adjacent to an activating group) is 1. The SMILES string of the molecule is CCN(CCO)c1ccc(C(C)=O)cc1Cl. The van der Waals surface area contributed by atoms with Gasteiger partial charge in [0.1, 0.15) is 0 Å². The van der Waals surface area contributed by atoms with Gasteiger partial charge in [0.05, 0.1) is 17.3 Å². The second kappa shape index (κ2) is 5.87. The molecule has 0 fully saturated rings. The van der Waals surface area contributed by atoms with E-state index in [9.17, 15) is 4.79 Å². The smallest absolute Gasteiger partial charge is 0.159 e. The molecule has 3 nitrogen and oxygen atoms in total. The summed E-state index contributed by atoms with van der Waals surface area (Å²) in [6.07, 6.45) is 0. The lowest BCUT2D eigenvalue weighted by Gasteiger charge is -2.23. The molecule has 1 N–H and O–H groups in total. The topological polar surface area (TPSA) is 40.5 Å². The number of hydrogen-bond acceptors (Lipinski definition) is 3. The van der Waals surface area contributed by atoms with Crippen LogP contribution in [0.5, 0.6) is 0 Å². The largest absolute Gasteiger partial charge is 0.395 e. The van der Waals surface area contributed by atoms with Crippen LogP contribution in [0.4, 0.5) is 5.69 Å². The van der Waals surface area contributed by atoms with E-state index >= 15 is 0 Å². The first-order chi connectivity index (χ1) is 7.60. The van der Waals surface area contributed by atoms with E-state index in [4.69, 9.17) is 16.7 Å². The third-order valence-electron chi connectivity index (χ3n) is 2.45. The summed E-state index contributed by atoms with van der Waals surface area (Å²) in [4.78, 5) is 13.1. The number of anilines is 1. The summed E-state index contributed by atoms with van der Waals surface area (Å²) in [5.74, 6) is -0.00124. The third-order valence-corrected chi connectivity index (χ3v) is 2.75. The van der Waals surface area contributed by atoms with Crippen LogP contribution in [-0.2, 0) is 0 Å². The number of rotatable bonds is 5. The van der Waals surface area contributed by atoms with E-state index in [2.05, 4.69) is 0 Å². The van der Waals surface area contributed by atoms with Gasteiger partial charge in [-0.25, -0.2) is 0 Å². The van der Waals surface area contributed by atoms with Gasteiger partial charge < -0.3 is 10.0 Å². The molecule has 0 aliphatic heterocycles. The number of halogens is 1. The Morgan fingerprint density at radius 2 is 2.19 bits per heavy atom. The van der Waals surface area contributed by atoms with Crippen LogP contribution in [-0.4, -0.2) is 30.6 Å². The maximum absolute atomic E-state index is 11.2. The van der Waals surface area contributed by atoms with Gasteiger partial charge in [-0.1, -0.05) is 11.6 Å². The summed E-state index contributed by atoms with van der Waals surface area (Å²) in [5.41, 5.74) is 1.46. The molecule has 0 radical (unpaired) electrons. The highest BCUT2D eigenvalue weighted by molar-refractivity contribution is 6.33. The summed E-state index contributed by atoms with van der Waals surface area (Å²) in [5, 5.41) is 9.47. The van der Waals surface area contributed by atoms with Crippen molar-refractivity contribution in [3.63, 3.8) is 0 Å². The first kappa shape index (κ1) is 13.0. The molecule has 0 unspecified atom stereocenters.